The van der Waals surface area contributed by atoms with Crippen molar-refractivity contribution in [1.82, 2.24) is 0 Å². The summed E-state index contributed by atoms with van der Waals surface area (Å²) in [4.78, 5) is 14.0. The third kappa shape index (κ3) is 2.81. The molecule has 1 saturated heterocycles. The van der Waals surface area contributed by atoms with Gasteiger partial charge in [-0.15, -0.1) is 0 Å². The maximum absolute atomic E-state index is 12.0. The topological polar surface area (TPSA) is 75.8 Å². The number of para-hydroxylation sites is 1. The molecule has 0 spiro atoms. The van der Waals surface area contributed by atoms with Crippen LogP contribution in [0.3, 0.4) is 0 Å². The van der Waals surface area contributed by atoms with E-state index < -0.39 is 0 Å². The highest BCUT2D eigenvalue weighted by Gasteiger charge is 2.27. The lowest BCUT2D eigenvalue weighted by Crippen LogP contribution is -2.24. The minimum absolute atomic E-state index is 0.165. The number of aliphatic hydroxyl groups is 1. The molecule has 0 radical (unpaired) electrons. The predicted molar refractivity (Wildman–Crippen MR) is 74.2 cm³/mol. The number of nitrogen functional groups attached to an aromatic ring is 1. The van der Waals surface area contributed by atoms with Crippen LogP contribution in [0.2, 0.25) is 0 Å². The third-order valence-electron chi connectivity index (χ3n) is 3.42. The Labute approximate surface area is 113 Å². The Morgan fingerprint density at radius 2 is 2.37 bits per heavy atom. The Balaban J connectivity index is 2.31. The molecule has 19 heavy (non-hydrogen) atoms. The van der Waals surface area contributed by atoms with Gasteiger partial charge in [-0.25, -0.2) is 4.79 Å². The molecule has 1 heterocycles. The van der Waals surface area contributed by atoms with Gasteiger partial charge in [0.1, 0.15) is 0 Å². The first-order valence-electron chi connectivity index (χ1n) is 6.58. The summed E-state index contributed by atoms with van der Waals surface area (Å²) >= 11 is 0. The monoisotopic (exact) mass is 264 g/mol. The van der Waals surface area contributed by atoms with Crippen molar-refractivity contribution in [3.63, 3.8) is 0 Å². The van der Waals surface area contributed by atoms with E-state index in [1.165, 1.54) is 0 Å². The zero-order valence-corrected chi connectivity index (χ0v) is 11.1. The molecule has 0 aromatic heterocycles. The maximum atomic E-state index is 12.0. The van der Waals surface area contributed by atoms with Gasteiger partial charge < -0.3 is 20.5 Å². The van der Waals surface area contributed by atoms with Crippen LogP contribution >= 0.6 is 0 Å². The van der Waals surface area contributed by atoms with Gasteiger partial charge in [0.15, 0.2) is 0 Å². The quantitative estimate of drug-likeness (QED) is 0.632. The number of rotatable bonds is 4. The van der Waals surface area contributed by atoms with Gasteiger partial charge in [0.05, 0.1) is 23.5 Å². The number of nitrogens with two attached hydrogens (primary N) is 1. The summed E-state index contributed by atoms with van der Waals surface area (Å²) in [6, 6.07) is 5.27. The summed E-state index contributed by atoms with van der Waals surface area (Å²) in [5, 5.41) is 9.21. The molecule has 0 bridgehead atoms. The third-order valence-corrected chi connectivity index (χ3v) is 3.42. The zero-order valence-electron chi connectivity index (χ0n) is 11.1. The number of carbonyl (C=O) groups excluding carboxylic acids is 1. The molecule has 5 nitrogen and oxygen atoms in total. The molecule has 1 aliphatic heterocycles. The lowest BCUT2D eigenvalue weighted by Gasteiger charge is -2.23. The van der Waals surface area contributed by atoms with E-state index in [9.17, 15) is 9.90 Å². The molecule has 0 amide bonds. The first kappa shape index (κ1) is 13.7. The number of esters is 1. The number of anilines is 2. The van der Waals surface area contributed by atoms with Crippen LogP contribution in [0.5, 0.6) is 0 Å². The van der Waals surface area contributed by atoms with Gasteiger partial charge in [0.2, 0.25) is 0 Å². The number of ether oxygens (including phenoxy) is 1. The van der Waals surface area contributed by atoms with Crippen molar-refractivity contribution in [2.75, 3.05) is 36.9 Å². The molecule has 104 valence electrons. The van der Waals surface area contributed by atoms with Crippen molar-refractivity contribution in [2.45, 2.75) is 13.3 Å². The molecule has 2 rings (SSSR count). The lowest BCUT2D eigenvalue weighted by molar-refractivity contribution is 0.0527. The zero-order chi connectivity index (χ0) is 13.8. The fraction of sp³-hybridized carbons (Fsp3) is 0.500. The van der Waals surface area contributed by atoms with Crippen LogP contribution in [-0.4, -0.2) is 37.4 Å². The second-order valence-corrected chi connectivity index (χ2v) is 4.75. The Morgan fingerprint density at radius 3 is 3.00 bits per heavy atom. The van der Waals surface area contributed by atoms with E-state index in [0.29, 0.717) is 17.9 Å². The second kappa shape index (κ2) is 5.93. The van der Waals surface area contributed by atoms with Crippen molar-refractivity contribution in [3.8, 4) is 0 Å². The first-order chi connectivity index (χ1) is 9.17. The number of benzene rings is 1. The maximum Gasteiger partial charge on any atom is 0.340 e. The average molecular weight is 264 g/mol. The van der Waals surface area contributed by atoms with Crippen molar-refractivity contribution >= 4 is 17.3 Å². The van der Waals surface area contributed by atoms with E-state index in [4.69, 9.17) is 10.5 Å². The summed E-state index contributed by atoms with van der Waals surface area (Å²) in [6.45, 7) is 3.80. The Hall–Kier alpha value is -1.75. The number of nitrogens with zero attached hydrogens (tertiary/aromatic N) is 1. The van der Waals surface area contributed by atoms with E-state index in [1.54, 1.807) is 25.1 Å². The van der Waals surface area contributed by atoms with Crippen LogP contribution in [-0.2, 0) is 4.74 Å². The fourth-order valence-electron chi connectivity index (χ4n) is 2.47. The second-order valence-electron chi connectivity index (χ2n) is 4.75. The molecular weight excluding hydrogens is 244 g/mol. The van der Waals surface area contributed by atoms with Gasteiger partial charge in [0, 0.05) is 25.6 Å². The van der Waals surface area contributed by atoms with E-state index in [-0.39, 0.29) is 18.5 Å². The first-order valence-corrected chi connectivity index (χ1v) is 6.58. The normalized spacial score (nSPS) is 18.6. The molecule has 1 atom stereocenters. The molecule has 0 saturated carbocycles. The van der Waals surface area contributed by atoms with Crippen LogP contribution in [0.1, 0.15) is 23.7 Å². The van der Waals surface area contributed by atoms with Crippen LogP contribution in [0, 0.1) is 5.92 Å². The van der Waals surface area contributed by atoms with Crippen molar-refractivity contribution in [2.24, 2.45) is 5.92 Å². The smallest absolute Gasteiger partial charge is 0.340 e. The van der Waals surface area contributed by atoms with E-state index >= 15 is 0 Å². The van der Waals surface area contributed by atoms with Crippen molar-refractivity contribution in [3.05, 3.63) is 23.8 Å². The van der Waals surface area contributed by atoms with Gasteiger partial charge in [-0.3, -0.25) is 0 Å². The molecule has 1 aliphatic rings. The molecule has 1 aromatic carbocycles. The van der Waals surface area contributed by atoms with Gasteiger partial charge >= 0.3 is 5.97 Å². The van der Waals surface area contributed by atoms with Crippen LogP contribution in [0.15, 0.2) is 18.2 Å². The molecule has 0 aliphatic carbocycles. The summed E-state index contributed by atoms with van der Waals surface area (Å²) in [6.07, 6.45) is 0.910. The highest BCUT2D eigenvalue weighted by Crippen LogP contribution is 2.32. The predicted octanol–water partition coefficient (Wildman–Crippen LogP) is 1.26. The van der Waals surface area contributed by atoms with Gasteiger partial charge in [-0.1, -0.05) is 6.07 Å². The van der Waals surface area contributed by atoms with Crippen molar-refractivity contribution < 1.29 is 14.6 Å². The SMILES string of the molecule is CCOC(=O)c1cccc(N)c1N1CCC(CO)C1. The summed E-state index contributed by atoms with van der Waals surface area (Å²) < 4.78 is 5.07. The van der Waals surface area contributed by atoms with E-state index in [0.717, 1.165) is 25.2 Å². The number of aliphatic hydroxyl groups excluding tert-OH is 1. The van der Waals surface area contributed by atoms with Gasteiger partial charge in [0.25, 0.3) is 0 Å². The van der Waals surface area contributed by atoms with Gasteiger partial charge in [-0.2, -0.15) is 0 Å². The number of hydrogen-bond donors (Lipinski definition) is 2. The highest BCUT2D eigenvalue weighted by atomic mass is 16.5. The number of hydrogen-bond acceptors (Lipinski definition) is 5. The highest BCUT2D eigenvalue weighted by molar-refractivity contribution is 5.99. The molecule has 3 N–H and O–H groups in total. The molecular formula is C14H20N2O3. The Morgan fingerprint density at radius 1 is 1.58 bits per heavy atom. The Kier molecular flexibility index (Phi) is 4.27. The molecule has 1 unspecified atom stereocenters. The van der Waals surface area contributed by atoms with Crippen LogP contribution < -0.4 is 10.6 Å². The van der Waals surface area contributed by atoms with Crippen LogP contribution in [0.25, 0.3) is 0 Å². The van der Waals surface area contributed by atoms with E-state index in [2.05, 4.69) is 4.90 Å². The molecule has 1 fully saturated rings. The minimum Gasteiger partial charge on any atom is -0.462 e. The van der Waals surface area contributed by atoms with Gasteiger partial charge in [-0.05, 0) is 25.5 Å². The largest absolute Gasteiger partial charge is 0.462 e. The van der Waals surface area contributed by atoms with Crippen LogP contribution in [0.4, 0.5) is 11.4 Å². The van der Waals surface area contributed by atoms with E-state index in [1.807, 2.05) is 0 Å². The summed E-state index contributed by atoms with van der Waals surface area (Å²) in [5.41, 5.74) is 7.82. The molecule has 1 aromatic rings. The Bertz CT molecular complexity index is 462. The molecule has 5 heteroatoms. The fourth-order valence-corrected chi connectivity index (χ4v) is 2.47. The average Bonchev–Trinajstić information content (AvgIpc) is 2.87. The minimum atomic E-state index is -0.350. The summed E-state index contributed by atoms with van der Waals surface area (Å²) in [5.74, 6) is -0.105. The lowest BCUT2D eigenvalue weighted by atomic mass is 10.1. The van der Waals surface area contributed by atoms with Crippen molar-refractivity contribution in [1.29, 1.82) is 0 Å². The standard InChI is InChI=1S/C14H20N2O3/c1-2-19-14(18)11-4-3-5-12(15)13(11)16-7-6-10(8-16)9-17/h3-5,10,17H,2,6-9,15H2,1H3. The number of carbonyl (C=O) groups is 1. The summed E-state index contributed by atoms with van der Waals surface area (Å²) in [7, 11) is 0.